The summed E-state index contributed by atoms with van der Waals surface area (Å²) in [6, 6.07) is 10.4. The number of ether oxygens (including phenoxy) is 1. The molecule has 11 heteroatoms. The molecule has 1 aliphatic carbocycles. The number of rotatable bonds is 8. The highest BCUT2D eigenvalue weighted by atomic mass is 35.5. The van der Waals surface area contributed by atoms with Gasteiger partial charge in [0, 0.05) is 30.5 Å². The Labute approximate surface area is 222 Å². The molecule has 1 fully saturated rings. The molecule has 37 heavy (non-hydrogen) atoms. The number of nitrogens with one attached hydrogen (secondary N) is 1. The summed E-state index contributed by atoms with van der Waals surface area (Å²) in [5.41, 5.74) is 0.607. The predicted octanol–water partition coefficient (Wildman–Crippen LogP) is 3.23. The summed E-state index contributed by atoms with van der Waals surface area (Å²) in [4.78, 5) is 27.8. The van der Waals surface area contributed by atoms with Gasteiger partial charge in [0.1, 0.15) is 6.10 Å². The number of amides is 2. The first-order valence-corrected chi connectivity index (χ1v) is 14.1. The fraction of sp³-hybridized carbons (Fsp3) is 0.462. The summed E-state index contributed by atoms with van der Waals surface area (Å²) >= 11 is 5.93. The number of fused-ring (bicyclic) bond motifs is 1. The van der Waals surface area contributed by atoms with Gasteiger partial charge >= 0.3 is 0 Å². The van der Waals surface area contributed by atoms with E-state index < -0.39 is 22.2 Å². The Kier molecular flexibility index (Phi) is 8.13. The number of sulfonamides is 1. The van der Waals surface area contributed by atoms with Gasteiger partial charge in [-0.15, -0.1) is 0 Å². The third-order valence-electron chi connectivity index (χ3n) is 6.86. The molecule has 0 bridgehead atoms. The van der Waals surface area contributed by atoms with Crippen LogP contribution in [0.2, 0.25) is 5.02 Å². The Balaban J connectivity index is 1.70. The number of carbonyl (C=O) groups excluding carboxylic acids is 2. The zero-order valence-corrected chi connectivity index (χ0v) is 22.6. The molecule has 1 heterocycles. The van der Waals surface area contributed by atoms with Crippen LogP contribution in [0.25, 0.3) is 0 Å². The number of anilines is 1. The minimum absolute atomic E-state index is 0.00793. The zero-order chi connectivity index (χ0) is 26.9. The maximum atomic E-state index is 13.5. The normalized spacial score (nSPS) is 21.0. The first-order chi connectivity index (χ1) is 17.5. The number of aliphatic hydroxyl groups is 1. The molecule has 0 saturated heterocycles. The molecule has 0 radical (unpaired) electrons. The van der Waals surface area contributed by atoms with Crippen molar-refractivity contribution in [3.8, 4) is 5.75 Å². The lowest BCUT2D eigenvalue weighted by molar-refractivity contribution is -0.117. The third-order valence-corrected chi connectivity index (χ3v) is 8.95. The van der Waals surface area contributed by atoms with Gasteiger partial charge in [0.15, 0.2) is 5.75 Å². The second kappa shape index (κ2) is 11.0. The predicted molar refractivity (Wildman–Crippen MR) is 140 cm³/mol. The Morgan fingerprint density at radius 2 is 1.92 bits per heavy atom. The highest BCUT2D eigenvalue weighted by Crippen LogP contribution is 2.37. The van der Waals surface area contributed by atoms with E-state index in [1.54, 1.807) is 30.0 Å². The van der Waals surface area contributed by atoms with Crippen LogP contribution >= 0.6 is 11.6 Å². The van der Waals surface area contributed by atoms with Gasteiger partial charge in [0.25, 0.3) is 5.91 Å². The van der Waals surface area contributed by atoms with Crippen molar-refractivity contribution >= 4 is 39.1 Å². The van der Waals surface area contributed by atoms with Crippen molar-refractivity contribution in [3.05, 3.63) is 53.1 Å². The number of halogens is 1. The largest absolute Gasteiger partial charge is 0.486 e. The molecule has 1 saturated carbocycles. The van der Waals surface area contributed by atoms with E-state index in [1.165, 1.54) is 35.6 Å². The molecule has 0 spiro atoms. The SMILES string of the molecule is C[C@@H]1CN([C@H](C)CO)C(=O)c2cccc(NC(=O)C3CC3)c2O[C@H]1CN(C)S(=O)(=O)c1ccc(Cl)cc1. The number of carbonyl (C=O) groups is 2. The van der Waals surface area contributed by atoms with Gasteiger partial charge in [-0.25, -0.2) is 8.42 Å². The highest BCUT2D eigenvalue weighted by molar-refractivity contribution is 7.89. The summed E-state index contributed by atoms with van der Waals surface area (Å²) in [5, 5.41) is 13.1. The van der Waals surface area contributed by atoms with E-state index in [0.717, 1.165) is 12.8 Å². The molecular formula is C26H32ClN3O6S. The lowest BCUT2D eigenvalue weighted by atomic mass is 9.99. The van der Waals surface area contributed by atoms with Crippen LogP contribution in [0.3, 0.4) is 0 Å². The second-order valence-electron chi connectivity index (χ2n) is 9.81. The molecule has 4 rings (SSSR count). The molecule has 2 amide bonds. The highest BCUT2D eigenvalue weighted by Gasteiger charge is 2.37. The van der Waals surface area contributed by atoms with E-state index in [0.29, 0.717) is 10.7 Å². The van der Waals surface area contributed by atoms with E-state index in [-0.39, 0.29) is 59.6 Å². The van der Waals surface area contributed by atoms with Crippen LogP contribution in [0.5, 0.6) is 5.75 Å². The van der Waals surface area contributed by atoms with Gasteiger partial charge in [-0.05, 0) is 56.2 Å². The van der Waals surface area contributed by atoms with E-state index in [9.17, 15) is 23.1 Å². The smallest absolute Gasteiger partial charge is 0.258 e. The number of aliphatic hydroxyl groups excluding tert-OH is 1. The van der Waals surface area contributed by atoms with E-state index in [4.69, 9.17) is 16.3 Å². The van der Waals surface area contributed by atoms with Crippen LogP contribution in [0.15, 0.2) is 47.4 Å². The van der Waals surface area contributed by atoms with Crippen LogP contribution < -0.4 is 10.1 Å². The minimum Gasteiger partial charge on any atom is -0.486 e. The van der Waals surface area contributed by atoms with Crippen LogP contribution in [0, 0.1) is 11.8 Å². The number of likely N-dealkylation sites (N-methyl/N-ethyl adjacent to an activating group) is 1. The monoisotopic (exact) mass is 549 g/mol. The minimum atomic E-state index is -3.85. The molecule has 9 nitrogen and oxygen atoms in total. The third kappa shape index (κ3) is 5.93. The van der Waals surface area contributed by atoms with E-state index >= 15 is 0 Å². The van der Waals surface area contributed by atoms with Crippen molar-refractivity contribution in [3.63, 3.8) is 0 Å². The average Bonchev–Trinajstić information content (AvgIpc) is 3.72. The number of para-hydroxylation sites is 1. The molecular weight excluding hydrogens is 518 g/mol. The molecule has 1 aliphatic heterocycles. The van der Waals surface area contributed by atoms with Crippen molar-refractivity contribution in [2.24, 2.45) is 11.8 Å². The molecule has 2 N–H and O–H groups in total. The number of nitrogens with zero attached hydrogens (tertiary/aromatic N) is 2. The number of hydrogen-bond acceptors (Lipinski definition) is 6. The lowest BCUT2D eigenvalue weighted by Crippen LogP contribution is -2.50. The van der Waals surface area contributed by atoms with Gasteiger partial charge < -0.3 is 20.1 Å². The van der Waals surface area contributed by atoms with E-state index in [2.05, 4.69) is 5.32 Å². The van der Waals surface area contributed by atoms with Crippen LogP contribution in [-0.2, 0) is 14.8 Å². The van der Waals surface area contributed by atoms with Crippen LogP contribution in [0.4, 0.5) is 5.69 Å². The van der Waals surface area contributed by atoms with Crippen molar-refractivity contribution < 1.29 is 27.9 Å². The molecule has 2 aliphatic rings. The van der Waals surface area contributed by atoms with Crippen LogP contribution in [0.1, 0.15) is 37.0 Å². The van der Waals surface area contributed by atoms with Crippen LogP contribution in [-0.4, -0.2) is 73.4 Å². The molecule has 2 aromatic rings. The summed E-state index contributed by atoms with van der Waals surface area (Å²) in [6.07, 6.45) is 0.969. The lowest BCUT2D eigenvalue weighted by Gasteiger charge is -2.38. The zero-order valence-electron chi connectivity index (χ0n) is 21.1. The standard InChI is InChI=1S/C26H32ClN3O6S/c1-16-13-30(17(2)15-31)26(33)21-5-4-6-22(28-25(32)18-7-8-18)24(21)36-23(16)14-29(3)37(34,35)20-11-9-19(27)10-12-20/h4-6,9-12,16-18,23,31H,7-8,13-15H2,1-3H3,(H,28,32)/t16-,17-,23+/m1/s1. The fourth-order valence-corrected chi connectivity index (χ4v) is 5.59. The molecule has 0 unspecified atom stereocenters. The maximum Gasteiger partial charge on any atom is 0.258 e. The topological polar surface area (TPSA) is 116 Å². The number of benzene rings is 2. The van der Waals surface area contributed by atoms with Gasteiger partial charge in [-0.3, -0.25) is 9.59 Å². The van der Waals surface area contributed by atoms with Gasteiger partial charge in [-0.2, -0.15) is 4.31 Å². The van der Waals surface area contributed by atoms with E-state index in [1.807, 2.05) is 6.92 Å². The molecule has 200 valence electrons. The maximum absolute atomic E-state index is 13.5. The first-order valence-electron chi connectivity index (χ1n) is 12.3. The number of hydrogen-bond donors (Lipinski definition) is 2. The van der Waals surface area contributed by atoms with Gasteiger partial charge in [0.2, 0.25) is 15.9 Å². The summed E-state index contributed by atoms with van der Waals surface area (Å²) < 4.78 is 34.1. The molecule has 0 aromatic heterocycles. The van der Waals surface area contributed by atoms with Crippen molar-refractivity contribution in [2.45, 2.75) is 43.7 Å². The Hall–Kier alpha value is -2.66. The molecule has 2 aromatic carbocycles. The summed E-state index contributed by atoms with van der Waals surface area (Å²) in [7, 11) is -2.38. The van der Waals surface area contributed by atoms with Crippen molar-refractivity contribution in [2.75, 3.05) is 32.1 Å². The summed E-state index contributed by atoms with van der Waals surface area (Å²) in [5.74, 6) is -0.631. The van der Waals surface area contributed by atoms with Gasteiger partial charge in [0.05, 0.1) is 35.3 Å². The Morgan fingerprint density at radius 3 is 2.54 bits per heavy atom. The van der Waals surface area contributed by atoms with Crippen molar-refractivity contribution in [1.82, 2.24) is 9.21 Å². The second-order valence-corrected chi connectivity index (χ2v) is 12.3. The fourth-order valence-electron chi connectivity index (χ4n) is 4.28. The molecule has 3 atom stereocenters. The van der Waals surface area contributed by atoms with Crippen molar-refractivity contribution in [1.29, 1.82) is 0 Å². The van der Waals surface area contributed by atoms with Gasteiger partial charge in [-0.1, -0.05) is 24.6 Å². The Morgan fingerprint density at radius 1 is 1.24 bits per heavy atom. The Bertz CT molecular complexity index is 1270. The average molecular weight is 550 g/mol. The summed E-state index contributed by atoms with van der Waals surface area (Å²) in [6.45, 7) is 3.62. The first kappa shape index (κ1) is 27.4. The quantitative estimate of drug-likeness (QED) is 0.522.